The van der Waals surface area contributed by atoms with Crippen molar-refractivity contribution in [3.63, 3.8) is 0 Å². The van der Waals surface area contributed by atoms with Gasteiger partial charge < -0.3 is 20.9 Å². The highest BCUT2D eigenvalue weighted by atomic mass is 32.1. The first-order valence-electron chi connectivity index (χ1n) is 15.3. The van der Waals surface area contributed by atoms with Gasteiger partial charge in [-0.15, -0.1) is 0 Å². The van der Waals surface area contributed by atoms with Crippen molar-refractivity contribution >= 4 is 43.4 Å². The SMILES string of the molecule is Nc1nc2c(-c3c(C(F)(F)F)cc4c(NC[C@@H]5CCC(CO)C5)nc(OCC56CCCN5CCC6)nc4c3F)ccc(F)c2s1. The Bertz CT molecular complexity index is 1750. The first-order chi connectivity index (χ1) is 21.6. The van der Waals surface area contributed by atoms with E-state index in [0.29, 0.717) is 6.54 Å². The van der Waals surface area contributed by atoms with E-state index in [4.69, 9.17) is 10.5 Å². The number of halogens is 5. The van der Waals surface area contributed by atoms with Gasteiger partial charge in [-0.25, -0.2) is 13.8 Å². The zero-order chi connectivity index (χ0) is 31.5. The van der Waals surface area contributed by atoms with Gasteiger partial charge in [-0.1, -0.05) is 11.3 Å². The summed E-state index contributed by atoms with van der Waals surface area (Å²) in [7, 11) is 0. The minimum Gasteiger partial charge on any atom is -0.461 e. The van der Waals surface area contributed by atoms with Gasteiger partial charge in [-0.3, -0.25) is 4.90 Å². The lowest BCUT2D eigenvalue weighted by molar-refractivity contribution is -0.137. The molecule has 0 radical (unpaired) electrons. The third-order valence-corrected chi connectivity index (χ3v) is 10.6. The monoisotopic (exact) mass is 648 g/mol. The maximum Gasteiger partial charge on any atom is 0.417 e. The molecule has 2 atom stereocenters. The number of hydrogen-bond acceptors (Lipinski definition) is 9. The topological polar surface area (TPSA) is 109 Å². The average molecular weight is 649 g/mol. The molecule has 2 aliphatic heterocycles. The smallest absolute Gasteiger partial charge is 0.417 e. The summed E-state index contributed by atoms with van der Waals surface area (Å²) in [5.74, 6) is -1.59. The molecule has 2 aromatic heterocycles. The fourth-order valence-electron chi connectivity index (χ4n) is 7.52. The zero-order valence-corrected chi connectivity index (χ0v) is 25.2. The van der Waals surface area contributed by atoms with Crippen LogP contribution in [0.2, 0.25) is 0 Å². The number of thiazole rings is 1. The van der Waals surface area contributed by atoms with Gasteiger partial charge in [0.05, 0.1) is 21.3 Å². The Labute approximate surface area is 259 Å². The summed E-state index contributed by atoms with van der Waals surface area (Å²) in [4.78, 5) is 15.3. The molecule has 0 bridgehead atoms. The van der Waals surface area contributed by atoms with Crippen LogP contribution in [0.4, 0.5) is 32.9 Å². The lowest BCUT2D eigenvalue weighted by atomic mass is 9.95. The van der Waals surface area contributed by atoms with Crippen LogP contribution >= 0.6 is 11.3 Å². The number of ether oxygens (including phenoxy) is 1. The number of nitrogen functional groups attached to an aromatic ring is 1. The molecule has 1 unspecified atom stereocenters. The van der Waals surface area contributed by atoms with E-state index in [1.165, 1.54) is 0 Å². The van der Waals surface area contributed by atoms with Gasteiger partial charge in [0.2, 0.25) is 0 Å². The van der Waals surface area contributed by atoms with E-state index in [2.05, 4.69) is 25.2 Å². The van der Waals surface area contributed by atoms with Crippen molar-refractivity contribution in [1.29, 1.82) is 0 Å². The second-order valence-corrected chi connectivity index (χ2v) is 13.5. The summed E-state index contributed by atoms with van der Waals surface area (Å²) < 4.78 is 81.3. The van der Waals surface area contributed by atoms with E-state index in [9.17, 15) is 22.7 Å². The molecule has 45 heavy (non-hydrogen) atoms. The molecule has 1 aliphatic carbocycles. The minimum absolute atomic E-state index is 0.0350. The molecule has 240 valence electrons. The highest BCUT2D eigenvalue weighted by Gasteiger charge is 2.45. The van der Waals surface area contributed by atoms with Gasteiger partial charge in [0.15, 0.2) is 10.9 Å². The molecule has 0 spiro atoms. The second kappa shape index (κ2) is 11.5. The van der Waals surface area contributed by atoms with Gasteiger partial charge in [0.25, 0.3) is 0 Å². The lowest BCUT2D eigenvalue weighted by Gasteiger charge is -2.31. The molecule has 3 fully saturated rings. The van der Waals surface area contributed by atoms with Crippen molar-refractivity contribution in [2.75, 3.05) is 43.9 Å². The van der Waals surface area contributed by atoms with Crippen LogP contribution in [0.15, 0.2) is 18.2 Å². The Kier molecular flexibility index (Phi) is 7.72. The van der Waals surface area contributed by atoms with Crippen LogP contribution in [0.1, 0.15) is 50.5 Å². The number of nitrogens with zero attached hydrogens (tertiary/aromatic N) is 4. The number of aliphatic hydroxyl groups is 1. The third-order valence-electron chi connectivity index (χ3n) is 9.74. The maximum atomic E-state index is 16.7. The molecule has 1 saturated carbocycles. The number of benzene rings is 2. The Balaban J connectivity index is 1.36. The Morgan fingerprint density at radius 3 is 2.53 bits per heavy atom. The largest absolute Gasteiger partial charge is 0.461 e. The Hall–Kier alpha value is -3.36. The zero-order valence-electron chi connectivity index (χ0n) is 24.4. The van der Waals surface area contributed by atoms with Crippen LogP contribution in [0.5, 0.6) is 6.01 Å². The summed E-state index contributed by atoms with van der Waals surface area (Å²) in [6.45, 7) is 2.67. The number of fused-ring (bicyclic) bond motifs is 3. The number of nitrogens with one attached hydrogen (secondary N) is 1. The van der Waals surface area contributed by atoms with Crippen molar-refractivity contribution in [3.8, 4) is 17.1 Å². The van der Waals surface area contributed by atoms with E-state index < -0.39 is 28.9 Å². The summed E-state index contributed by atoms with van der Waals surface area (Å²) >= 11 is 0.774. The number of rotatable bonds is 8. The van der Waals surface area contributed by atoms with Crippen LogP contribution < -0.4 is 15.8 Å². The fraction of sp³-hybridized carbons (Fsp3) is 0.516. The van der Waals surface area contributed by atoms with E-state index in [-0.39, 0.29) is 74.2 Å². The lowest BCUT2D eigenvalue weighted by Crippen LogP contribution is -2.43. The first kappa shape index (κ1) is 30.3. The number of anilines is 2. The average Bonchev–Trinajstić information content (AvgIpc) is 3.79. The molecule has 4 heterocycles. The quantitative estimate of drug-likeness (QED) is 0.183. The van der Waals surface area contributed by atoms with Gasteiger partial charge in [0, 0.05) is 29.7 Å². The van der Waals surface area contributed by atoms with Crippen LogP contribution in [-0.2, 0) is 6.18 Å². The predicted octanol–water partition coefficient (Wildman–Crippen LogP) is 6.61. The van der Waals surface area contributed by atoms with E-state index in [1.807, 2.05) is 0 Å². The van der Waals surface area contributed by atoms with Crippen molar-refractivity contribution < 1.29 is 31.8 Å². The highest BCUT2D eigenvalue weighted by molar-refractivity contribution is 7.22. The Morgan fingerprint density at radius 2 is 1.82 bits per heavy atom. The van der Waals surface area contributed by atoms with Crippen molar-refractivity contribution in [3.05, 3.63) is 35.4 Å². The van der Waals surface area contributed by atoms with Crippen molar-refractivity contribution in [2.24, 2.45) is 11.8 Å². The second-order valence-electron chi connectivity index (χ2n) is 12.5. The molecule has 4 aromatic rings. The third kappa shape index (κ3) is 5.44. The molecule has 2 aromatic carbocycles. The summed E-state index contributed by atoms with van der Waals surface area (Å²) in [5, 5.41) is 12.5. The standard InChI is InChI=1S/C31H33F5N6O2S/c32-21-6-5-18(25-26(21)45-28(37)39-25)22-20(31(34,35)36)12-19-24(23(22)33)40-29(44-15-30-7-1-9-42(30)10-2-8-30)41-27(19)38-13-16-3-4-17(11-16)14-43/h5-6,12,16-17,43H,1-4,7-11,13-15H2,(H2,37,39)(H,38,40,41)/t16-,17?/m1/s1. The van der Waals surface area contributed by atoms with Gasteiger partial charge in [-0.2, -0.15) is 23.1 Å². The van der Waals surface area contributed by atoms with Crippen molar-refractivity contribution in [2.45, 2.75) is 56.7 Å². The molecule has 7 rings (SSSR count). The van der Waals surface area contributed by atoms with E-state index >= 15 is 4.39 Å². The highest BCUT2D eigenvalue weighted by Crippen LogP contribution is 2.46. The van der Waals surface area contributed by atoms with Gasteiger partial charge >= 0.3 is 12.2 Å². The number of hydrogen-bond donors (Lipinski definition) is 3. The molecule has 0 amide bonds. The van der Waals surface area contributed by atoms with Crippen LogP contribution in [0.25, 0.3) is 32.2 Å². The van der Waals surface area contributed by atoms with E-state index in [1.54, 1.807) is 0 Å². The normalized spacial score (nSPS) is 21.6. The molecular formula is C31H33F5N6O2S. The Morgan fingerprint density at radius 1 is 1.07 bits per heavy atom. The molecule has 8 nitrogen and oxygen atoms in total. The van der Waals surface area contributed by atoms with Crippen LogP contribution in [0, 0.1) is 23.5 Å². The molecule has 14 heteroatoms. The van der Waals surface area contributed by atoms with Gasteiger partial charge in [-0.05, 0) is 88.1 Å². The molecule has 4 N–H and O–H groups in total. The molecule has 2 saturated heterocycles. The van der Waals surface area contributed by atoms with Crippen molar-refractivity contribution in [1.82, 2.24) is 19.9 Å². The number of nitrogens with two attached hydrogens (primary N) is 1. The summed E-state index contributed by atoms with van der Waals surface area (Å²) in [5.41, 5.74) is 2.81. The maximum absolute atomic E-state index is 16.7. The molecule has 3 aliphatic rings. The number of aromatic nitrogens is 3. The minimum atomic E-state index is -4.98. The fourth-order valence-corrected chi connectivity index (χ4v) is 8.28. The van der Waals surface area contributed by atoms with Crippen LogP contribution in [0.3, 0.4) is 0 Å². The summed E-state index contributed by atoms with van der Waals surface area (Å²) in [6.07, 6.45) is 1.45. The number of alkyl halides is 3. The first-order valence-corrected chi connectivity index (χ1v) is 16.1. The van der Waals surface area contributed by atoms with Gasteiger partial charge in [0.1, 0.15) is 23.8 Å². The molecular weight excluding hydrogens is 615 g/mol. The predicted molar refractivity (Wildman–Crippen MR) is 162 cm³/mol. The van der Waals surface area contributed by atoms with E-state index in [0.717, 1.165) is 87.6 Å². The van der Waals surface area contributed by atoms with Crippen LogP contribution in [-0.4, -0.2) is 63.3 Å². The summed E-state index contributed by atoms with van der Waals surface area (Å²) in [6, 6.07) is 2.77. The number of aliphatic hydroxyl groups excluding tert-OH is 1.